The van der Waals surface area contributed by atoms with Crippen molar-refractivity contribution in [3.63, 3.8) is 0 Å². The lowest BCUT2D eigenvalue weighted by atomic mass is 9.88. The van der Waals surface area contributed by atoms with E-state index in [9.17, 15) is 19.8 Å². The summed E-state index contributed by atoms with van der Waals surface area (Å²) in [6.45, 7) is 7.35. The van der Waals surface area contributed by atoms with Crippen LogP contribution in [0.4, 0.5) is 0 Å². The van der Waals surface area contributed by atoms with E-state index in [1.807, 2.05) is 74.5 Å². The Morgan fingerprint density at radius 2 is 1.08 bits per heavy atom. The molecule has 6 rings (SSSR count). The van der Waals surface area contributed by atoms with Crippen LogP contribution < -0.4 is 10.6 Å². The molecule has 4 aliphatic heterocycles. The summed E-state index contributed by atoms with van der Waals surface area (Å²) in [6, 6.07) is 17.1. The van der Waals surface area contributed by atoms with Crippen molar-refractivity contribution in [2.75, 3.05) is 24.7 Å². The predicted molar refractivity (Wildman–Crippen MR) is 183 cm³/mol. The molecular formula is C35H46N2O10S2. The monoisotopic (exact) mass is 718 g/mol. The van der Waals surface area contributed by atoms with E-state index in [2.05, 4.69) is 10.6 Å². The van der Waals surface area contributed by atoms with Crippen molar-refractivity contribution in [2.45, 2.75) is 99.9 Å². The summed E-state index contributed by atoms with van der Waals surface area (Å²) in [6.07, 6.45) is -6.31. The smallest absolute Gasteiger partial charge is 0.235 e. The fourth-order valence-electron chi connectivity index (χ4n) is 6.43. The molecule has 0 radical (unpaired) electrons. The van der Waals surface area contributed by atoms with Crippen LogP contribution in [0.15, 0.2) is 60.7 Å². The van der Waals surface area contributed by atoms with Crippen molar-refractivity contribution in [1.29, 1.82) is 0 Å². The molecule has 4 fully saturated rings. The molecule has 12 atom stereocenters. The predicted octanol–water partition coefficient (Wildman–Crippen LogP) is 2.89. The maximum atomic E-state index is 13.9. The van der Waals surface area contributed by atoms with E-state index in [1.165, 1.54) is 37.4 Å². The van der Waals surface area contributed by atoms with Crippen molar-refractivity contribution in [3.05, 3.63) is 71.8 Å². The highest BCUT2D eigenvalue weighted by atomic mass is 32.2. The summed E-state index contributed by atoms with van der Waals surface area (Å²) in [4.78, 5) is 27.8. The first-order chi connectivity index (χ1) is 23.6. The van der Waals surface area contributed by atoms with Gasteiger partial charge < -0.3 is 49.3 Å². The first kappa shape index (κ1) is 36.5. The van der Waals surface area contributed by atoms with Gasteiger partial charge in [-0.25, -0.2) is 0 Å². The average Bonchev–Trinajstić information content (AvgIpc) is 3.12. The minimum absolute atomic E-state index is 0.211. The molecule has 2 amide bonds. The molecule has 0 unspecified atom stereocenters. The number of nitrogens with one attached hydrogen (secondary N) is 2. The molecule has 4 saturated heterocycles. The number of aliphatic hydroxyl groups excluding tert-OH is 2. The molecule has 0 aromatic heterocycles. The molecular weight excluding hydrogens is 673 g/mol. The van der Waals surface area contributed by atoms with Crippen LogP contribution in [0.5, 0.6) is 0 Å². The number of aliphatic hydroxyl groups is 2. The Balaban J connectivity index is 1.14. The van der Waals surface area contributed by atoms with Gasteiger partial charge in [0.15, 0.2) is 12.6 Å². The van der Waals surface area contributed by atoms with Crippen LogP contribution in [0.1, 0.15) is 51.4 Å². The first-order valence-electron chi connectivity index (χ1n) is 16.8. The van der Waals surface area contributed by atoms with E-state index in [1.54, 1.807) is 0 Å². The molecule has 4 N–H and O–H groups in total. The van der Waals surface area contributed by atoms with Crippen molar-refractivity contribution in [3.8, 4) is 0 Å². The van der Waals surface area contributed by atoms with E-state index < -0.39 is 89.4 Å². The number of hydrogen-bond acceptors (Lipinski definition) is 12. The third-order valence-corrected chi connectivity index (χ3v) is 11.4. The topological polar surface area (TPSA) is 154 Å². The molecule has 2 aromatic rings. The van der Waals surface area contributed by atoms with Gasteiger partial charge in [0.2, 0.25) is 11.8 Å². The zero-order valence-corrected chi connectivity index (χ0v) is 29.6. The summed E-state index contributed by atoms with van der Waals surface area (Å²) in [5, 5.41) is 29.1. The molecule has 4 aliphatic rings. The third kappa shape index (κ3) is 7.83. The molecule has 49 heavy (non-hydrogen) atoms. The molecule has 0 saturated carbocycles. The van der Waals surface area contributed by atoms with Crippen molar-refractivity contribution < 1.29 is 48.2 Å². The summed E-state index contributed by atoms with van der Waals surface area (Å²) in [5.41, 5.74) is -1.22. The van der Waals surface area contributed by atoms with Gasteiger partial charge in [-0.15, -0.1) is 23.5 Å². The molecule has 0 spiro atoms. The van der Waals surface area contributed by atoms with Crippen molar-refractivity contribution in [2.24, 2.45) is 5.41 Å². The van der Waals surface area contributed by atoms with Crippen LogP contribution in [-0.4, -0.2) is 106 Å². The molecule has 0 aliphatic carbocycles. The highest BCUT2D eigenvalue weighted by molar-refractivity contribution is 8.00. The van der Waals surface area contributed by atoms with Crippen LogP contribution in [0.25, 0.3) is 0 Å². The number of rotatable bonds is 10. The van der Waals surface area contributed by atoms with Crippen LogP contribution in [-0.2, 0) is 38.0 Å². The second-order valence-electron chi connectivity index (χ2n) is 13.0. The van der Waals surface area contributed by atoms with E-state index in [0.29, 0.717) is 11.5 Å². The number of benzene rings is 2. The Labute approximate surface area is 295 Å². The van der Waals surface area contributed by atoms with Gasteiger partial charge in [0.25, 0.3) is 0 Å². The van der Waals surface area contributed by atoms with Crippen molar-refractivity contribution in [1.82, 2.24) is 10.6 Å². The van der Waals surface area contributed by atoms with Crippen LogP contribution in [0.3, 0.4) is 0 Å². The number of amides is 2. The minimum Gasteiger partial charge on any atom is -0.388 e. The van der Waals surface area contributed by atoms with Gasteiger partial charge >= 0.3 is 0 Å². The maximum absolute atomic E-state index is 13.9. The third-order valence-electron chi connectivity index (χ3n) is 9.27. The second-order valence-corrected chi connectivity index (χ2v) is 15.7. The summed E-state index contributed by atoms with van der Waals surface area (Å²) < 4.78 is 36.8. The van der Waals surface area contributed by atoms with Gasteiger partial charge in [-0.1, -0.05) is 74.5 Å². The summed E-state index contributed by atoms with van der Waals surface area (Å²) >= 11 is 2.87. The fraction of sp³-hybridized carbons (Fsp3) is 0.600. The van der Waals surface area contributed by atoms with Gasteiger partial charge in [-0.2, -0.15) is 0 Å². The average molecular weight is 719 g/mol. The van der Waals surface area contributed by atoms with Gasteiger partial charge in [0.05, 0.1) is 25.3 Å². The Kier molecular flexibility index (Phi) is 11.9. The molecule has 268 valence electrons. The van der Waals surface area contributed by atoms with Crippen molar-refractivity contribution >= 4 is 35.3 Å². The highest BCUT2D eigenvalue weighted by Crippen LogP contribution is 2.39. The van der Waals surface area contributed by atoms with Crippen LogP contribution in [0.2, 0.25) is 0 Å². The minimum atomic E-state index is -1.61. The van der Waals surface area contributed by atoms with E-state index >= 15 is 0 Å². The van der Waals surface area contributed by atoms with E-state index in [4.69, 9.17) is 28.4 Å². The Hall–Kier alpha value is -2.24. The standard InChI is InChI=1S/C35H46N2O10S2/c1-5-48-31-23(25(38)27-21(44-31)17-42-29(46-27)19-13-9-7-10-14-19)36-33(40)35(3,4)34(41)37-24-26(39)28-22(45-32(24)49-6-2)18-43-30(47-28)20-15-11-8-12-16-20/h7-16,21-32,38-39H,5-6,17-18H2,1-4H3,(H,36,40)(H,37,41)/t21-,22-,23-,24-,25-,26-,27-,28-,29-,30-,31+,32+/m1/s1. The van der Waals surface area contributed by atoms with Crippen LogP contribution >= 0.6 is 23.5 Å². The Bertz CT molecular complexity index is 1300. The number of thioether (sulfide) groups is 2. The number of carbonyl (C=O) groups excluding carboxylic acids is 2. The molecule has 0 bridgehead atoms. The lowest BCUT2D eigenvalue weighted by Gasteiger charge is -2.49. The zero-order chi connectivity index (χ0) is 34.7. The molecule has 12 nitrogen and oxygen atoms in total. The highest BCUT2D eigenvalue weighted by Gasteiger charge is 2.53. The molecule has 4 heterocycles. The molecule has 2 aromatic carbocycles. The van der Waals surface area contributed by atoms with Gasteiger partial charge in [0, 0.05) is 11.1 Å². The summed E-state index contributed by atoms with van der Waals surface area (Å²) in [7, 11) is 0. The first-order valence-corrected chi connectivity index (χ1v) is 18.9. The van der Waals surface area contributed by atoms with Gasteiger partial charge in [-0.05, 0) is 25.4 Å². The SMILES string of the molecule is CCS[C@@H]1O[C@@H]2CO[C@@H](c3ccccc3)O[C@H]2[C@H](O)[C@H]1NC(=O)C(C)(C)C(=O)N[C@@H]1[C@@H](O)[C@@H]2O[C@H](c3ccccc3)OC[C@H]2O[C@H]1SCC. The second kappa shape index (κ2) is 16.0. The quantitative estimate of drug-likeness (QED) is 0.267. The number of hydrogen-bond donors (Lipinski definition) is 4. The van der Waals surface area contributed by atoms with Gasteiger partial charge in [0.1, 0.15) is 52.9 Å². The zero-order valence-electron chi connectivity index (χ0n) is 28.0. The van der Waals surface area contributed by atoms with Gasteiger partial charge in [-0.3, -0.25) is 9.59 Å². The number of fused-ring (bicyclic) bond motifs is 2. The van der Waals surface area contributed by atoms with Crippen LogP contribution in [0, 0.1) is 5.41 Å². The Morgan fingerprint density at radius 1 is 0.694 bits per heavy atom. The lowest BCUT2D eigenvalue weighted by molar-refractivity contribution is -0.306. The lowest BCUT2D eigenvalue weighted by Crippen LogP contribution is -2.68. The summed E-state index contributed by atoms with van der Waals surface area (Å²) in [5.74, 6) is 0.102. The molecule has 14 heteroatoms. The number of ether oxygens (including phenoxy) is 6. The maximum Gasteiger partial charge on any atom is 0.235 e. The Morgan fingerprint density at radius 3 is 1.45 bits per heavy atom. The number of carbonyl (C=O) groups is 2. The van der Waals surface area contributed by atoms with E-state index in [-0.39, 0.29) is 13.2 Å². The van der Waals surface area contributed by atoms with E-state index in [0.717, 1.165) is 11.1 Å². The normalized spacial score (nSPS) is 36.2. The fourth-order valence-corrected chi connectivity index (χ4v) is 8.40. The largest absolute Gasteiger partial charge is 0.388 e.